The molecule has 238 valence electrons. The first-order chi connectivity index (χ1) is 25.3. The van der Waals surface area contributed by atoms with Gasteiger partial charge in [-0.1, -0.05) is 152 Å². The maximum absolute atomic E-state index is 5.31. The van der Waals surface area contributed by atoms with Crippen molar-refractivity contribution in [3.8, 4) is 50.8 Å². The molecule has 10 aromatic rings. The molecule has 0 aliphatic carbocycles. The predicted octanol–water partition coefficient (Wildman–Crippen LogP) is 11.9. The Labute approximate surface area is 295 Å². The summed E-state index contributed by atoms with van der Waals surface area (Å²) < 4.78 is 2.41. The highest BCUT2D eigenvalue weighted by atomic mass is 15.0. The van der Waals surface area contributed by atoms with Crippen LogP contribution in [0.25, 0.3) is 94.3 Å². The smallest absolute Gasteiger partial charge is 0.160 e. The number of benzene rings is 7. The van der Waals surface area contributed by atoms with Crippen LogP contribution in [0.5, 0.6) is 0 Å². The number of hydrogen-bond donors (Lipinski definition) is 0. The minimum Gasteiger partial charge on any atom is -0.309 e. The van der Waals surface area contributed by atoms with Gasteiger partial charge in [-0.15, -0.1) is 0 Å². The largest absolute Gasteiger partial charge is 0.309 e. The normalized spacial score (nSPS) is 11.5. The first-order valence-electron chi connectivity index (χ1n) is 17.2. The van der Waals surface area contributed by atoms with Gasteiger partial charge in [-0.2, -0.15) is 0 Å². The molecule has 3 heterocycles. The lowest BCUT2D eigenvalue weighted by Gasteiger charge is -2.14. The number of aromatic nitrogens is 4. The third-order valence-corrected chi connectivity index (χ3v) is 9.79. The van der Waals surface area contributed by atoms with Crippen LogP contribution in [-0.2, 0) is 0 Å². The molecule has 0 amide bonds. The summed E-state index contributed by atoms with van der Waals surface area (Å²) in [5.41, 5.74) is 11.3. The SMILES string of the molecule is c1ccc(-c2cc(-c3ccccc3)nc(-c3ccc(-c4nc5ccccc5c5c4ccc4c6ccccc6n(-c6ccccc6)c45)cc3)n2)cc1. The summed E-state index contributed by atoms with van der Waals surface area (Å²) in [4.78, 5) is 15.4. The molecule has 4 heteroatoms. The van der Waals surface area contributed by atoms with E-state index in [1.54, 1.807) is 0 Å². The maximum atomic E-state index is 5.31. The van der Waals surface area contributed by atoms with Gasteiger partial charge in [0.2, 0.25) is 0 Å². The molecular weight excluding hydrogens is 621 g/mol. The Morgan fingerprint density at radius 3 is 1.61 bits per heavy atom. The van der Waals surface area contributed by atoms with Gasteiger partial charge < -0.3 is 4.57 Å². The van der Waals surface area contributed by atoms with Crippen LogP contribution < -0.4 is 0 Å². The standard InChI is InChI=1S/C47H30N4/c1-4-14-31(15-5-1)41-30-42(32-16-6-2-7-17-32)50-47(49-41)34-26-24-33(25-27-34)45-39-29-28-37-36-20-11-13-23-43(36)51(35-18-8-3-9-19-35)46(37)44(39)38-21-10-12-22-40(38)48-45/h1-30H. The topological polar surface area (TPSA) is 43.6 Å². The van der Waals surface area contributed by atoms with Crippen LogP contribution in [0, 0.1) is 0 Å². The van der Waals surface area contributed by atoms with Crippen molar-refractivity contribution in [3.63, 3.8) is 0 Å². The highest BCUT2D eigenvalue weighted by Crippen LogP contribution is 2.42. The third-order valence-electron chi connectivity index (χ3n) is 9.79. The van der Waals surface area contributed by atoms with Crippen molar-refractivity contribution in [3.05, 3.63) is 182 Å². The summed E-state index contributed by atoms with van der Waals surface area (Å²) in [6, 6.07) is 63.6. The van der Waals surface area contributed by atoms with Gasteiger partial charge in [-0.3, -0.25) is 0 Å². The first-order valence-corrected chi connectivity index (χ1v) is 17.2. The summed E-state index contributed by atoms with van der Waals surface area (Å²) in [6.45, 7) is 0. The van der Waals surface area contributed by atoms with Crippen molar-refractivity contribution in [2.24, 2.45) is 0 Å². The van der Waals surface area contributed by atoms with Crippen LogP contribution in [0.3, 0.4) is 0 Å². The minimum absolute atomic E-state index is 0.687. The van der Waals surface area contributed by atoms with E-state index in [9.17, 15) is 0 Å². The van der Waals surface area contributed by atoms with Crippen molar-refractivity contribution >= 4 is 43.5 Å². The van der Waals surface area contributed by atoms with Gasteiger partial charge in [0.05, 0.1) is 33.6 Å². The van der Waals surface area contributed by atoms with E-state index in [4.69, 9.17) is 15.0 Å². The molecule has 0 bridgehead atoms. The third kappa shape index (κ3) is 4.88. The van der Waals surface area contributed by atoms with Gasteiger partial charge in [-0.05, 0) is 30.3 Å². The molecule has 51 heavy (non-hydrogen) atoms. The predicted molar refractivity (Wildman–Crippen MR) is 211 cm³/mol. The van der Waals surface area contributed by atoms with E-state index in [1.807, 2.05) is 36.4 Å². The molecule has 0 spiro atoms. The van der Waals surface area contributed by atoms with E-state index in [1.165, 1.54) is 27.2 Å². The molecule has 0 saturated heterocycles. The molecule has 0 N–H and O–H groups in total. The molecular formula is C47H30N4. The Hall–Kier alpha value is -6.91. The van der Waals surface area contributed by atoms with Gasteiger partial charge in [0.15, 0.2) is 5.82 Å². The number of hydrogen-bond acceptors (Lipinski definition) is 3. The molecule has 0 saturated carbocycles. The highest BCUT2D eigenvalue weighted by Gasteiger charge is 2.20. The second-order valence-corrected chi connectivity index (χ2v) is 12.8. The summed E-state index contributed by atoms with van der Waals surface area (Å²) in [7, 11) is 0. The lowest BCUT2D eigenvalue weighted by Crippen LogP contribution is -1.97. The Morgan fingerprint density at radius 1 is 0.373 bits per heavy atom. The molecule has 0 atom stereocenters. The molecule has 4 nitrogen and oxygen atoms in total. The lowest BCUT2D eigenvalue weighted by molar-refractivity contribution is 1.18. The van der Waals surface area contributed by atoms with Gasteiger partial charge >= 0.3 is 0 Å². The van der Waals surface area contributed by atoms with Crippen molar-refractivity contribution < 1.29 is 0 Å². The van der Waals surface area contributed by atoms with Gasteiger partial charge in [-0.25, -0.2) is 15.0 Å². The Bertz CT molecular complexity index is 2820. The molecule has 0 aliphatic rings. The lowest BCUT2D eigenvalue weighted by atomic mass is 9.97. The quantitative estimate of drug-likeness (QED) is 0.174. The second kappa shape index (κ2) is 11.9. The average molecular weight is 651 g/mol. The summed E-state index contributed by atoms with van der Waals surface area (Å²) in [6.07, 6.45) is 0. The molecule has 0 radical (unpaired) electrons. The highest BCUT2D eigenvalue weighted by molar-refractivity contribution is 6.26. The van der Waals surface area contributed by atoms with E-state index < -0.39 is 0 Å². The minimum atomic E-state index is 0.687. The van der Waals surface area contributed by atoms with Crippen molar-refractivity contribution in [1.29, 1.82) is 0 Å². The Morgan fingerprint density at radius 2 is 0.922 bits per heavy atom. The molecule has 3 aromatic heterocycles. The van der Waals surface area contributed by atoms with Crippen molar-refractivity contribution in [2.45, 2.75) is 0 Å². The van der Waals surface area contributed by atoms with Gasteiger partial charge in [0, 0.05) is 54.9 Å². The van der Waals surface area contributed by atoms with Crippen LogP contribution in [-0.4, -0.2) is 19.5 Å². The average Bonchev–Trinajstić information content (AvgIpc) is 3.56. The zero-order valence-electron chi connectivity index (χ0n) is 27.6. The van der Waals surface area contributed by atoms with E-state index in [-0.39, 0.29) is 0 Å². The van der Waals surface area contributed by atoms with Crippen molar-refractivity contribution in [2.75, 3.05) is 0 Å². The number of pyridine rings is 1. The molecule has 0 unspecified atom stereocenters. The summed E-state index contributed by atoms with van der Waals surface area (Å²) in [5.74, 6) is 0.687. The zero-order chi connectivity index (χ0) is 33.7. The van der Waals surface area contributed by atoms with Crippen LogP contribution in [0.4, 0.5) is 0 Å². The van der Waals surface area contributed by atoms with Crippen LogP contribution >= 0.6 is 0 Å². The molecule has 10 rings (SSSR count). The zero-order valence-corrected chi connectivity index (χ0v) is 27.6. The Balaban J connectivity index is 1.18. The van der Waals surface area contributed by atoms with Crippen LogP contribution in [0.1, 0.15) is 0 Å². The number of nitrogens with zero attached hydrogens (tertiary/aromatic N) is 4. The monoisotopic (exact) mass is 650 g/mol. The fourth-order valence-corrected chi connectivity index (χ4v) is 7.42. The number of rotatable bonds is 5. The van der Waals surface area contributed by atoms with E-state index in [2.05, 4.69) is 150 Å². The summed E-state index contributed by atoms with van der Waals surface area (Å²) >= 11 is 0. The fourth-order valence-electron chi connectivity index (χ4n) is 7.42. The molecule has 0 aliphatic heterocycles. The fraction of sp³-hybridized carbons (Fsp3) is 0. The molecule has 7 aromatic carbocycles. The summed E-state index contributed by atoms with van der Waals surface area (Å²) in [5, 5.41) is 5.91. The Kier molecular flexibility index (Phi) is 6.78. The van der Waals surface area contributed by atoms with Crippen LogP contribution in [0.15, 0.2) is 182 Å². The number of fused-ring (bicyclic) bond motifs is 7. The van der Waals surface area contributed by atoms with E-state index >= 15 is 0 Å². The van der Waals surface area contributed by atoms with Crippen molar-refractivity contribution in [1.82, 2.24) is 19.5 Å². The van der Waals surface area contributed by atoms with Gasteiger partial charge in [0.1, 0.15) is 0 Å². The van der Waals surface area contributed by atoms with Gasteiger partial charge in [0.25, 0.3) is 0 Å². The number of para-hydroxylation sites is 3. The van der Waals surface area contributed by atoms with E-state index in [0.717, 1.165) is 61.3 Å². The molecule has 0 fully saturated rings. The van der Waals surface area contributed by atoms with E-state index in [0.29, 0.717) is 5.82 Å². The second-order valence-electron chi connectivity index (χ2n) is 12.8. The van der Waals surface area contributed by atoms with Crippen LogP contribution in [0.2, 0.25) is 0 Å². The maximum Gasteiger partial charge on any atom is 0.160 e. The first kappa shape index (κ1) is 29.0.